The molecule has 0 aromatic heterocycles. The molecule has 0 radical (unpaired) electrons. The van der Waals surface area contributed by atoms with Crippen molar-refractivity contribution >= 4 is 29.6 Å². The number of benzene rings is 3. The average molecular weight is 498 g/mol. The summed E-state index contributed by atoms with van der Waals surface area (Å²) < 4.78 is 15.9. The summed E-state index contributed by atoms with van der Waals surface area (Å²) in [7, 11) is 0. The molecular formula is C29H23NO7. The number of hydrogen-bond donors (Lipinski definition) is 0. The van der Waals surface area contributed by atoms with E-state index in [0.717, 1.165) is 0 Å². The standard InChI is InChI=1S/C29H23NO7/c1-3-35-25-17-19(16-23(18-30)28(33)36-4-2)10-15-24(25)37-29(34)22-13-11-21(12-14-22)27(32)26(31)20-8-6-5-7-9-20/h5-17H,3-4H2,1-2H3. The Balaban J connectivity index is 1.77. The summed E-state index contributed by atoms with van der Waals surface area (Å²) in [6.07, 6.45) is 1.35. The molecule has 0 heterocycles. The van der Waals surface area contributed by atoms with Crippen LogP contribution in [0.3, 0.4) is 0 Å². The number of Topliss-reactive ketones (excluding diaryl/α,β-unsaturated/α-hetero) is 2. The Hall–Kier alpha value is -5.03. The van der Waals surface area contributed by atoms with Gasteiger partial charge in [-0.25, -0.2) is 9.59 Å². The van der Waals surface area contributed by atoms with E-state index in [-0.39, 0.29) is 47.0 Å². The normalized spacial score (nSPS) is 10.7. The van der Waals surface area contributed by atoms with E-state index in [1.165, 1.54) is 42.5 Å². The predicted molar refractivity (Wildman–Crippen MR) is 134 cm³/mol. The largest absolute Gasteiger partial charge is 0.490 e. The highest BCUT2D eigenvalue weighted by atomic mass is 16.6. The van der Waals surface area contributed by atoms with Crippen molar-refractivity contribution in [3.8, 4) is 17.6 Å². The molecule has 0 aliphatic carbocycles. The summed E-state index contributed by atoms with van der Waals surface area (Å²) in [5.41, 5.74) is 0.866. The van der Waals surface area contributed by atoms with Crippen LogP contribution in [0.4, 0.5) is 0 Å². The van der Waals surface area contributed by atoms with Gasteiger partial charge in [-0.05, 0) is 49.8 Å². The van der Waals surface area contributed by atoms with Crippen LogP contribution in [0.2, 0.25) is 0 Å². The van der Waals surface area contributed by atoms with E-state index in [1.54, 1.807) is 56.3 Å². The molecule has 0 aliphatic heterocycles. The Morgan fingerprint density at radius 1 is 0.784 bits per heavy atom. The molecule has 0 atom stereocenters. The average Bonchev–Trinajstić information content (AvgIpc) is 2.93. The van der Waals surface area contributed by atoms with Crippen molar-refractivity contribution in [2.45, 2.75) is 13.8 Å². The van der Waals surface area contributed by atoms with Gasteiger partial charge in [0, 0.05) is 11.1 Å². The van der Waals surface area contributed by atoms with Crippen LogP contribution in [0, 0.1) is 11.3 Å². The van der Waals surface area contributed by atoms with Crippen molar-refractivity contribution in [1.82, 2.24) is 0 Å². The smallest absolute Gasteiger partial charge is 0.348 e. The summed E-state index contributed by atoms with van der Waals surface area (Å²) in [5, 5.41) is 9.24. The van der Waals surface area contributed by atoms with Crippen LogP contribution in [-0.4, -0.2) is 36.7 Å². The third-order valence-corrected chi connectivity index (χ3v) is 5.02. The second kappa shape index (κ2) is 12.6. The Bertz CT molecular complexity index is 1380. The van der Waals surface area contributed by atoms with Crippen LogP contribution >= 0.6 is 0 Å². The molecule has 0 amide bonds. The molecule has 8 nitrogen and oxygen atoms in total. The molecule has 186 valence electrons. The highest BCUT2D eigenvalue weighted by molar-refractivity contribution is 6.49. The first-order chi connectivity index (χ1) is 17.9. The number of esters is 2. The minimum Gasteiger partial charge on any atom is -0.490 e. The lowest BCUT2D eigenvalue weighted by molar-refractivity contribution is -0.137. The number of carbonyl (C=O) groups is 4. The van der Waals surface area contributed by atoms with Crippen molar-refractivity contribution in [2.24, 2.45) is 0 Å². The van der Waals surface area contributed by atoms with E-state index < -0.39 is 23.5 Å². The zero-order chi connectivity index (χ0) is 26.8. The maximum Gasteiger partial charge on any atom is 0.348 e. The van der Waals surface area contributed by atoms with Gasteiger partial charge in [-0.15, -0.1) is 0 Å². The van der Waals surface area contributed by atoms with Crippen molar-refractivity contribution in [3.63, 3.8) is 0 Å². The Kier molecular flexibility index (Phi) is 9.06. The highest BCUT2D eigenvalue weighted by Gasteiger charge is 2.19. The van der Waals surface area contributed by atoms with Crippen LogP contribution < -0.4 is 9.47 Å². The van der Waals surface area contributed by atoms with Gasteiger partial charge in [-0.2, -0.15) is 5.26 Å². The van der Waals surface area contributed by atoms with Crippen molar-refractivity contribution in [3.05, 3.63) is 101 Å². The summed E-state index contributed by atoms with van der Waals surface area (Å²) >= 11 is 0. The van der Waals surface area contributed by atoms with Crippen molar-refractivity contribution in [1.29, 1.82) is 5.26 Å². The van der Waals surface area contributed by atoms with E-state index in [0.29, 0.717) is 5.56 Å². The maximum absolute atomic E-state index is 12.7. The summed E-state index contributed by atoms with van der Waals surface area (Å²) in [5.74, 6) is -2.43. The number of nitrogens with zero attached hydrogens (tertiary/aromatic N) is 1. The molecule has 0 bridgehead atoms. The molecule has 3 aromatic rings. The van der Waals surface area contributed by atoms with E-state index in [2.05, 4.69) is 0 Å². The Morgan fingerprint density at radius 3 is 2.00 bits per heavy atom. The topological polar surface area (TPSA) is 120 Å². The molecule has 0 unspecified atom stereocenters. The molecule has 0 aliphatic rings. The van der Waals surface area contributed by atoms with Gasteiger partial charge in [-0.3, -0.25) is 9.59 Å². The molecule has 0 N–H and O–H groups in total. The molecule has 8 heteroatoms. The summed E-state index contributed by atoms with van der Waals surface area (Å²) in [6, 6.07) is 20.1. The zero-order valence-electron chi connectivity index (χ0n) is 20.2. The van der Waals surface area contributed by atoms with E-state index >= 15 is 0 Å². The number of hydrogen-bond acceptors (Lipinski definition) is 8. The van der Waals surface area contributed by atoms with Gasteiger partial charge in [0.25, 0.3) is 0 Å². The van der Waals surface area contributed by atoms with Gasteiger partial charge in [0.2, 0.25) is 11.6 Å². The maximum atomic E-state index is 12.7. The van der Waals surface area contributed by atoms with Gasteiger partial charge in [-0.1, -0.05) is 48.5 Å². The quantitative estimate of drug-likeness (QED) is 0.0975. The third kappa shape index (κ3) is 6.77. The number of nitriles is 1. The molecule has 3 aromatic carbocycles. The molecule has 0 spiro atoms. The van der Waals surface area contributed by atoms with Gasteiger partial charge in [0.15, 0.2) is 11.5 Å². The van der Waals surface area contributed by atoms with Crippen molar-refractivity contribution in [2.75, 3.05) is 13.2 Å². The van der Waals surface area contributed by atoms with E-state index in [9.17, 15) is 24.4 Å². The second-order valence-electron chi connectivity index (χ2n) is 7.52. The van der Waals surface area contributed by atoms with Gasteiger partial charge in [0.05, 0.1) is 18.8 Å². The lowest BCUT2D eigenvalue weighted by atomic mass is 10.0. The molecule has 37 heavy (non-hydrogen) atoms. The number of rotatable bonds is 10. The van der Waals surface area contributed by atoms with Gasteiger partial charge < -0.3 is 14.2 Å². The minimum absolute atomic E-state index is 0.123. The van der Waals surface area contributed by atoms with Crippen LogP contribution in [-0.2, 0) is 9.53 Å². The predicted octanol–water partition coefficient (Wildman–Crippen LogP) is 4.84. The second-order valence-corrected chi connectivity index (χ2v) is 7.52. The molecule has 0 saturated carbocycles. The number of carbonyl (C=O) groups excluding carboxylic acids is 4. The van der Waals surface area contributed by atoms with E-state index in [4.69, 9.17) is 14.2 Å². The number of ketones is 2. The molecule has 0 saturated heterocycles. The van der Waals surface area contributed by atoms with Crippen LogP contribution in [0.5, 0.6) is 11.5 Å². The molecular weight excluding hydrogens is 474 g/mol. The number of ether oxygens (including phenoxy) is 3. The van der Waals surface area contributed by atoms with Crippen LogP contribution in [0.15, 0.2) is 78.4 Å². The first-order valence-electron chi connectivity index (χ1n) is 11.4. The fraction of sp³-hybridized carbons (Fsp3) is 0.138. The Morgan fingerprint density at radius 2 is 1.41 bits per heavy atom. The summed E-state index contributed by atoms with van der Waals surface area (Å²) in [6.45, 7) is 3.79. The first-order valence-corrected chi connectivity index (χ1v) is 11.4. The molecule has 3 rings (SSSR count). The van der Waals surface area contributed by atoms with Crippen LogP contribution in [0.25, 0.3) is 6.08 Å². The first kappa shape index (κ1) is 26.6. The lowest BCUT2D eigenvalue weighted by Gasteiger charge is -2.12. The van der Waals surface area contributed by atoms with Crippen LogP contribution in [0.1, 0.15) is 50.5 Å². The minimum atomic E-state index is -0.745. The van der Waals surface area contributed by atoms with Gasteiger partial charge >= 0.3 is 11.9 Å². The third-order valence-electron chi connectivity index (χ3n) is 5.02. The molecule has 0 fully saturated rings. The highest BCUT2D eigenvalue weighted by Crippen LogP contribution is 2.30. The SMILES string of the molecule is CCOC(=O)C(C#N)=Cc1ccc(OC(=O)c2ccc(C(=O)C(=O)c3ccccc3)cc2)c(OCC)c1. The van der Waals surface area contributed by atoms with Crippen molar-refractivity contribution < 1.29 is 33.4 Å². The zero-order valence-corrected chi connectivity index (χ0v) is 20.2. The Labute approximate surface area is 213 Å². The fourth-order valence-electron chi connectivity index (χ4n) is 3.25. The van der Waals surface area contributed by atoms with E-state index in [1.807, 2.05) is 0 Å². The lowest BCUT2D eigenvalue weighted by Crippen LogP contribution is -2.15. The summed E-state index contributed by atoms with van der Waals surface area (Å²) in [4.78, 5) is 49.5. The van der Waals surface area contributed by atoms with Gasteiger partial charge in [0.1, 0.15) is 11.6 Å². The monoisotopic (exact) mass is 497 g/mol. The fourth-order valence-corrected chi connectivity index (χ4v) is 3.25.